The molecule has 1 aromatic carbocycles. The van der Waals surface area contributed by atoms with Crippen molar-refractivity contribution in [3.8, 4) is 0 Å². The first-order valence-corrected chi connectivity index (χ1v) is 4.58. The molecular weight excluding hydrogens is 288 g/mol. The summed E-state index contributed by atoms with van der Waals surface area (Å²) in [4.78, 5) is 11.2. The van der Waals surface area contributed by atoms with Crippen molar-refractivity contribution in [1.82, 2.24) is 0 Å². The number of hydrogen-bond donors (Lipinski definition) is 0. The standard InChI is InChI=1S/C10H4F8O/c11-4-2-1-3-5(12)6(4)7(19)8(9(13,14)15)10(16,17)18/h1-3,8H. The lowest BCUT2D eigenvalue weighted by atomic mass is 9.95. The van der Waals surface area contributed by atoms with Gasteiger partial charge in [-0.25, -0.2) is 8.78 Å². The van der Waals surface area contributed by atoms with Gasteiger partial charge in [0.15, 0.2) is 5.78 Å². The molecule has 0 fully saturated rings. The predicted octanol–water partition coefficient (Wildman–Crippen LogP) is 3.89. The number of carbonyl (C=O) groups excluding carboxylic acids is 1. The van der Waals surface area contributed by atoms with E-state index in [0.29, 0.717) is 18.2 Å². The van der Waals surface area contributed by atoms with E-state index in [1.165, 1.54) is 0 Å². The summed E-state index contributed by atoms with van der Waals surface area (Å²) < 4.78 is 99.5. The Morgan fingerprint density at radius 1 is 0.895 bits per heavy atom. The molecule has 0 aromatic heterocycles. The third kappa shape index (κ3) is 3.21. The SMILES string of the molecule is O=C(c1c(F)cccc1F)C(C(F)(F)F)C(F)(F)F. The molecule has 0 saturated heterocycles. The Bertz CT molecular complexity index is 453. The lowest BCUT2D eigenvalue weighted by molar-refractivity contribution is -0.265. The lowest BCUT2D eigenvalue weighted by Gasteiger charge is -2.21. The molecule has 0 saturated carbocycles. The van der Waals surface area contributed by atoms with Gasteiger partial charge in [-0.15, -0.1) is 0 Å². The third-order valence-electron chi connectivity index (χ3n) is 2.13. The minimum absolute atomic E-state index is 0.389. The summed E-state index contributed by atoms with van der Waals surface area (Å²) in [6, 6.07) is 1.48. The van der Waals surface area contributed by atoms with E-state index in [-0.39, 0.29) is 0 Å². The molecule has 19 heavy (non-hydrogen) atoms. The smallest absolute Gasteiger partial charge is 0.293 e. The highest BCUT2D eigenvalue weighted by Gasteiger charge is 2.61. The first kappa shape index (κ1) is 15.4. The number of alkyl halides is 6. The average molecular weight is 292 g/mol. The fourth-order valence-corrected chi connectivity index (χ4v) is 1.36. The summed E-state index contributed by atoms with van der Waals surface area (Å²) in [6.45, 7) is 0. The number of hydrogen-bond acceptors (Lipinski definition) is 1. The molecule has 0 unspecified atom stereocenters. The predicted molar refractivity (Wildman–Crippen MR) is 46.3 cm³/mol. The molecular formula is C10H4F8O. The van der Waals surface area contributed by atoms with E-state index >= 15 is 0 Å². The zero-order valence-electron chi connectivity index (χ0n) is 8.74. The summed E-state index contributed by atoms with van der Waals surface area (Å²) in [5.41, 5.74) is -1.86. The van der Waals surface area contributed by atoms with Crippen LogP contribution in [0.4, 0.5) is 35.1 Å². The first-order chi connectivity index (χ1) is 8.46. The van der Waals surface area contributed by atoms with Crippen LogP contribution in [0.3, 0.4) is 0 Å². The number of ketones is 1. The summed E-state index contributed by atoms with van der Waals surface area (Å²) in [7, 11) is 0. The number of Topliss-reactive ketones (excluding diaryl/α,β-unsaturated/α-hetero) is 1. The van der Waals surface area contributed by atoms with Gasteiger partial charge >= 0.3 is 12.4 Å². The molecule has 0 atom stereocenters. The van der Waals surface area contributed by atoms with Crippen LogP contribution in [-0.4, -0.2) is 18.1 Å². The van der Waals surface area contributed by atoms with Crippen LogP contribution in [0, 0.1) is 17.6 Å². The molecule has 1 nitrogen and oxygen atoms in total. The van der Waals surface area contributed by atoms with Crippen LogP contribution >= 0.6 is 0 Å². The number of halogens is 8. The van der Waals surface area contributed by atoms with Crippen molar-refractivity contribution in [2.24, 2.45) is 5.92 Å². The molecule has 9 heteroatoms. The highest BCUT2D eigenvalue weighted by atomic mass is 19.4. The van der Waals surface area contributed by atoms with E-state index in [0.717, 1.165) is 0 Å². The molecule has 0 aliphatic heterocycles. The molecule has 0 aliphatic carbocycles. The normalized spacial score (nSPS) is 12.9. The van der Waals surface area contributed by atoms with Crippen LogP contribution in [0.25, 0.3) is 0 Å². The van der Waals surface area contributed by atoms with Gasteiger partial charge in [-0.3, -0.25) is 4.79 Å². The van der Waals surface area contributed by atoms with E-state index in [4.69, 9.17) is 0 Å². The minimum Gasteiger partial charge on any atom is -0.293 e. The van der Waals surface area contributed by atoms with E-state index in [9.17, 15) is 39.9 Å². The summed E-state index contributed by atoms with van der Waals surface area (Å²) in [6.07, 6.45) is -12.0. The average Bonchev–Trinajstić information content (AvgIpc) is 2.11. The zero-order valence-corrected chi connectivity index (χ0v) is 8.74. The van der Waals surface area contributed by atoms with Gasteiger partial charge in [-0.05, 0) is 12.1 Å². The molecule has 0 spiro atoms. The van der Waals surface area contributed by atoms with Crippen LogP contribution in [0.1, 0.15) is 10.4 Å². The highest BCUT2D eigenvalue weighted by Crippen LogP contribution is 2.41. The van der Waals surface area contributed by atoms with E-state index in [1.54, 1.807) is 0 Å². The summed E-state index contributed by atoms with van der Waals surface area (Å²) >= 11 is 0. The van der Waals surface area contributed by atoms with Crippen molar-refractivity contribution < 1.29 is 39.9 Å². The van der Waals surface area contributed by atoms with Gasteiger partial charge in [0, 0.05) is 0 Å². The summed E-state index contributed by atoms with van der Waals surface area (Å²) in [5, 5.41) is 0. The van der Waals surface area contributed by atoms with Crippen molar-refractivity contribution in [2.45, 2.75) is 12.4 Å². The van der Waals surface area contributed by atoms with E-state index in [2.05, 4.69) is 0 Å². The maximum Gasteiger partial charge on any atom is 0.407 e. The Morgan fingerprint density at radius 2 is 1.26 bits per heavy atom. The van der Waals surface area contributed by atoms with Crippen LogP contribution in [0.2, 0.25) is 0 Å². The Hall–Kier alpha value is -1.67. The van der Waals surface area contributed by atoms with Crippen molar-refractivity contribution >= 4 is 5.78 Å². The number of benzene rings is 1. The summed E-state index contributed by atoms with van der Waals surface area (Å²) in [5.74, 6) is -10.8. The van der Waals surface area contributed by atoms with Crippen LogP contribution in [0.15, 0.2) is 18.2 Å². The molecule has 0 amide bonds. The maximum atomic E-state index is 13.0. The molecule has 0 heterocycles. The Kier molecular flexibility index (Phi) is 3.87. The largest absolute Gasteiger partial charge is 0.407 e. The van der Waals surface area contributed by atoms with Crippen molar-refractivity contribution in [3.63, 3.8) is 0 Å². The highest BCUT2D eigenvalue weighted by molar-refractivity contribution is 5.99. The Morgan fingerprint density at radius 3 is 1.58 bits per heavy atom. The van der Waals surface area contributed by atoms with Gasteiger partial charge in [0.25, 0.3) is 0 Å². The lowest BCUT2D eigenvalue weighted by Crippen LogP contribution is -2.43. The fraction of sp³-hybridized carbons (Fsp3) is 0.300. The molecule has 0 aliphatic rings. The Labute approximate surface area is 100 Å². The minimum atomic E-state index is -6.00. The monoisotopic (exact) mass is 292 g/mol. The zero-order chi connectivity index (χ0) is 15.0. The molecule has 0 radical (unpaired) electrons. The van der Waals surface area contributed by atoms with Gasteiger partial charge in [0.1, 0.15) is 11.6 Å². The number of rotatable bonds is 2. The van der Waals surface area contributed by atoms with Crippen LogP contribution in [0.5, 0.6) is 0 Å². The molecule has 106 valence electrons. The molecule has 0 N–H and O–H groups in total. The third-order valence-corrected chi connectivity index (χ3v) is 2.13. The van der Waals surface area contributed by atoms with Gasteiger partial charge in [-0.2, -0.15) is 26.3 Å². The maximum absolute atomic E-state index is 13.0. The van der Waals surface area contributed by atoms with Gasteiger partial charge in [-0.1, -0.05) is 6.07 Å². The molecule has 1 aromatic rings. The van der Waals surface area contributed by atoms with Crippen LogP contribution < -0.4 is 0 Å². The van der Waals surface area contributed by atoms with E-state index < -0.39 is 41.3 Å². The topological polar surface area (TPSA) is 17.1 Å². The van der Waals surface area contributed by atoms with E-state index in [1.807, 2.05) is 0 Å². The van der Waals surface area contributed by atoms with Crippen molar-refractivity contribution in [3.05, 3.63) is 35.4 Å². The number of carbonyl (C=O) groups is 1. The fourth-order valence-electron chi connectivity index (χ4n) is 1.36. The van der Waals surface area contributed by atoms with Crippen molar-refractivity contribution in [2.75, 3.05) is 0 Å². The second-order valence-corrected chi connectivity index (χ2v) is 3.48. The van der Waals surface area contributed by atoms with Gasteiger partial charge in [0.2, 0.25) is 5.92 Å². The van der Waals surface area contributed by atoms with Crippen LogP contribution in [-0.2, 0) is 0 Å². The van der Waals surface area contributed by atoms with Gasteiger partial charge < -0.3 is 0 Å². The first-order valence-electron chi connectivity index (χ1n) is 4.58. The second kappa shape index (κ2) is 4.78. The molecule has 1 rings (SSSR count). The quantitative estimate of drug-likeness (QED) is 0.597. The molecule has 0 bridgehead atoms. The Balaban J connectivity index is 3.37. The van der Waals surface area contributed by atoms with Crippen molar-refractivity contribution in [1.29, 1.82) is 0 Å². The second-order valence-electron chi connectivity index (χ2n) is 3.48. The van der Waals surface area contributed by atoms with Gasteiger partial charge in [0.05, 0.1) is 5.56 Å².